The molecule has 0 N–H and O–H groups in total. The molecule has 0 aliphatic heterocycles. The quantitative estimate of drug-likeness (QED) is 0.356. The number of nitrogens with zero attached hydrogens (tertiary/aromatic N) is 3. The van der Waals surface area contributed by atoms with E-state index in [4.69, 9.17) is 0 Å². The van der Waals surface area contributed by atoms with E-state index in [1.54, 1.807) is 0 Å². The van der Waals surface area contributed by atoms with Gasteiger partial charge in [0.25, 0.3) is 5.69 Å². The molecule has 0 aromatic heterocycles. The molecule has 0 atom stereocenters. The van der Waals surface area contributed by atoms with Crippen LogP contribution in [0, 0.1) is 16.0 Å². The van der Waals surface area contributed by atoms with Gasteiger partial charge in [-0.2, -0.15) is 13.2 Å². The third-order valence-corrected chi connectivity index (χ3v) is 3.70. The monoisotopic (exact) mass is 329 g/mol. The SMILES string of the molecule is CC(C)C(=Nc1ccc([N+](=O)[O-])c(C(F)(F)F)c1)N(C)C1CC1. The Labute approximate surface area is 132 Å². The fourth-order valence-electron chi connectivity index (χ4n) is 2.38. The van der Waals surface area contributed by atoms with Crippen LogP contribution >= 0.6 is 0 Å². The van der Waals surface area contributed by atoms with Crippen LogP contribution in [0.1, 0.15) is 32.3 Å². The third kappa shape index (κ3) is 4.00. The van der Waals surface area contributed by atoms with Gasteiger partial charge in [0.15, 0.2) is 0 Å². The number of benzene rings is 1. The van der Waals surface area contributed by atoms with Crippen molar-refractivity contribution in [3.63, 3.8) is 0 Å². The highest BCUT2D eigenvalue weighted by Gasteiger charge is 2.38. The number of hydrogen-bond donors (Lipinski definition) is 0. The van der Waals surface area contributed by atoms with E-state index >= 15 is 0 Å². The predicted octanol–water partition coefficient (Wildman–Crippen LogP) is 4.39. The minimum absolute atomic E-state index is 0.0325. The number of alkyl halides is 3. The number of nitro groups is 1. The highest BCUT2D eigenvalue weighted by atomic mass is 19.4. The van der Waals surface area contributed by atoms with Gasteiger partial charge in [-0.15, -0.1) is 0 Å². The van der Waals surface area contributed by atoms with Crippen LogP contribution < -0.4 is 0 Å². The van der Waals surface area contributed by atoms with Crippen LogP contribution in [0.3, 0.4) is 0 Å². The minimum atomic E-state index is -4.80. The highest BCUT2D eigenvalue weighted by molar-refractivity contribution is 5.87. The lowest BCUT2D eigenvalue weighted by molar-refractivity contribution is -0.388. The van der Waals surface area contributed by atoms with Crippen molar-refractivity contribution in [2.75, 3.05) is 7.05 Å². The molecule has 8 heteroatoms. The van der Waals surface area contributed by atoms with Gasteiger partial charge in [-0.05, 0) is 25.0 Å². The van der Waals surface area contributed by atoms with E-state index < -0.39 is 22.4 Å². The van der Waals surface area contributed by atoms with Gasteiger partial charge in [0.05, 0.1) is 10.6 Å². The molecule has 0 bridgehead atoms. The van der Waals surface area contributed by atoms with Gasteiger partial charge >= 0.3 is 6.18 Å². The first-order valence-corrected chi connectivity index (χ1v) is 7.28. The largest absolute Gasteiger partial charge is 0.423 e. The van der Waals surface area contributed by atoms with Gasteiger partial charge in [0, 0.05) is 25.1 Å². The molecule has 5 nitrogen and oxygen atoms in total. The molecule has 0 saturated heterocycles. The van der Waals surface area contributed by atoms with Crippen molar-refractivity contribution in [2.24, 2.45) is 10.9 Å². The lowest BCUT2D eigenvalue weighted by Crippen LogP contribution is -2.32. The maximum atomic E-state index is 13.0. The first-order valence-electron chi connectivity index (χ1n) is 7.28. The second-order valence-corrected chi connectivity index (χ2v) is 5.92. The van der Waals surface area contributed by atoms with Crippen LogP contribution in [0.25, 0.3) is 0 Å². The van der Waals surface area contributed by atoms with E-state index in [1.165, 1.54) is 6.07 Å². The zero-order valence-corrected chi connectivity index (χ0v) is 13.1. The summed E-state index contributed by atoms with van der Waals surface area (Å²) in [5.74, 6) is 0.708. The van der Waals surface area contributed by atoms with Crippen molar-refractivity contribution in [2.45, 2.75) is 38.9 Å². The van der Waals surface area contributed by atoms with E-state index in [1.807, 2.05) is 25.8 Å². The average Bonchev–Trinajstić information content (AvgIpc) is 3.26. The normalized spacial score (nSPS) is 15.9. The molecule has 1 saturated carbocycles. The molecule has 23 heavy (non-hydrogen) atoms. The summed E-state index contributed by atoms with van der Waals surface area (Å²) in [6.07, 6.45) is -2.72. The Bertz CT molecular complexity index is 637. The average molecular weight is 329 g/mol. The van der Waals surface area contributed by atoms with Crippen LogP contribution in [0.4, 0.5) is 24.5 Å². The van der Waals surface area contributed by atoms with Gasteiger partial charge in [-0.1, -0.05) is 13.8 Å². The molecule has 2 rings (SSSR count). The standard InChI is InChI=1S/C15H18F3N3O2/c1-9(2)14(20(3)11-5-6-11)19-10-4-7-13(21(22)23)12(8-10)15(16,17)18/h4,7-9,11H,5-6H2,1-3H3. The van der Waals surface area contributed by atoms with E-state index in [-0.39, 0.29) is 11.6 Å². The Morgan fingerprint density at radius 3 is 2.43 bits per heavy atom. The summed E-state index contributed by atoms with van der Waals surface area (Å²) in [4.78, 5) is 16.0. The van der Waals surface area contributed by atoms with Gasteiger partial charge in [-0.3, -0.25) is 10.1 Å². The smallest absolute Gasteiger partial charge is 0.360 e. The predicted molar refractivity (Wildman–Crippen MR) is 80.8 cm³/mol. The molecule has 1 aromatic carbocycles. The maximum absolute atomic E-state index is 13.0. The summed E-state index contributed by atoms with van der Waals surface area (Å²) in [5.41, 5.74) is -2.17. The molecule has 0 unspecified atom stereocenters. The Morgan fingerprint density at radius 1 is 1.39 bits per heavy atom. The summed E-state index contributed by atoms with van der Waals surface area (Å²) >= 11 is 0. The summed E-state index contributed by atoms with van der Waals surface area (Å²) in [7, 11) is 1.87. The molecule has 1 fully saturated rings. The van der Waals surface area contributed by atoms with Gasteiger partial charge in [-0.25, -0.2) is 4.99 Å². The Hall–Kier alpha value is -2.12. The number of nitro benzene ring substituents is 1. The van der Waals surface area contributed by atoms with Crippen molar-refractivity contribution in [3.8, 4) is 0 Å². The van der Waals surface area contributed by atoms with E-state index in [9.17, 15) is 23.3 Å². The lowest BCUT2D eigenvalue weighted by atomic mass is 10.1. The Morgan fingerprint density at radius 2 is 2.00 bits per heavy atom. The molecule has 1 aliphatic carbocycles. The van der Waals surface area contributed by atoms with Crippen LogP contribution in [-0.2, 0) is 6.18 Å². The first kappa shape index (κ1) is 17.2. The van der Waals surface area contributed by atoms with Crippen molar-refractivity contribution >= 4 is 17.2 Å². The molecule has 0 heterocycles. The van der Waals surface area contributed by atoms with Crippen LogP contribution in [0.15, 0.2) is 23.2 Å². The second-order valence-electron chi connectivity index (χ2n) is 5.92. The van der Waals surface area contributed by atoms with Crippen molar-refractivity contribution in [1.29, 1.82) is 0 Å². The van der Waals surface area contributed by atoms with Gasteiger partial charge in [0.2, 0.25) is 0 Å². The zero-order chi connectivity index (χ0) is 17.4. The number of amidine groups is 1. The van der Waals surface area contributed by atoms with Crippen molar-refractivity contribution < 1.29 is 18.1 Å². The summed E-state index contributed by atoms with van der Waals surface area (Å²) in [6, 6.07) is 3.21. The molecule has 1 aliphatic rings. The van der Waals surface area contributed by atoms with E-state index in [0.29, 0.717) is 11.9 Å². The topological polar surface area (TPSA) is 58.7 Å². The molecule has 0 amide bonds. The fourth-order valence-corrected chi connectivity index (χ4v) is 2.38. The highest BCUT2D eigenvalue weighted by Crippen LogP contribution is 2.38. The third-order valence-electron chi connectivity index (χ3n) is 3.70. The molecule has 1 aromatic rings. The van der Waals surface area contributed by atoms with Crippen molar-refractivity contribution in [1.82, 2.24) is 4.90 Å². The fraction of sp³-hybridized carbons (Fsp3) is 0.533. The molecule has 0 spiro atoms. The Kier molecular flexibility index (Phi) is 4.63. The molecular formula is C15H18F3N3O2. The first-order chi connectivity index (χ1) is 10.6. The number of rotatable bonds is 4. The van der Waals surface area contributed by atoms with Gasteiger partial charge in [0.1, 0.15) is 11.4 Å². The zero-order valence-electron chi connectivity index (χ0n) is 13.1. The molecular weight excluding hydrogens is 311 g/mol. The van der Waals surface area contributed by atoms with Crippen LogP contribution in [0.2, 0.25) is 0 Å². The summed E-state index contributed by atoms with van der Waals surface area (Å²) in [6.45, 7) is 3.82. The summed E-state index contributed by atoms with van der Waals surface area (Å²) in [5, 5.41) is 10.8. The second kappa shape index (κ2) is 6.17. The minimum Gasteiger partial charge on any atom is -0.360 e. The number of halogens is 3. The maximum Gasteiger partial charge on any atom is 0.423 e. The van der Waals surface area contributed by atoms with Crippen LogP contribution in [-0.4, -0.2) is 28.7 Å². The number of hydrogen-bond acceptors (Lipinski definition) is 3. The van der Waals surface area contributed by atoms with E-state index in [0.717, 1.165) is 25.0 Å². The van der Waals surface area contributed by atoms with E-state index in [2.05, 4.69) is 4.99 Å². The molecule has 0 radical (unpaired) electrons. The van der Waals surface area contributed by atoms with Crippen molar-refractivity contribution in [3.05, 3.63) is 33.9 Å². The lowest BCUT2D eigenvalue weighted by Gasteiger charge is -2.24. The molecule has 126 valence electrons. The Balaban J connectivity index is 2.46. The van der Waals surface area contributed by atoms with Gasteiger partial charge < -0.3 is 4.90 Å². The van der Waals surface area contributed by atoms with Crippen LogP contribution in [0.5, 0.6) is 0 Å². The number of aliphatic imine (C=N–C) groups is 1. The summed E-state index contributed by atoms with van der Waals surface area (Å²) < 4.78 is 39.1.